The van der Waals surface area contributed by atoms with Crippen molar-refractivity contribution < 1.29 is 0 Å². The van der Waals surface area contributed by atoms with E-state index in [4.69, 9.17) is 0 Å². The molecule has 0 aliphatic carbocycles. The van der Waals surface area contributed by atoms with E-state index in [1.54, 1.807) is 5.56 Å². The summed E-state index contributed by atoms with van der Waals surface area (Å²) < 4.78 is 0. The van der Waals surface area contributed by atoms with Crippen LogP contribution in [-0.2, 0) is 6.54 Å². The van der Waals surface area contributed by atoms with Crippen molar-refractivity contribution >= 4 is 5.69 Å². The predicted molar refractivity (Wildman–Crippen MR) is 72.6 cm³/mol. The van der Waals surface area contributed by atoms with Gasteiger partial charge in [-0.3, -0.25) is 0 Å². The molecule has 17 heavy (non-hydrogen) atoms. The number of benzene rings is 1. The maximum Gasteiger partial charge on any atom is 0.0405 e. The second-order valence-electron chi connectivity index (χ2n) is 5.81. The molecular weight excluding hydrogens is 208 g/mol. The summed E-state index contributed by atoms with van der Waals surface area (Å²) in [7, 11) is 0. The van der Waals surface area contributed by atoms with Crippen molar-refractivity contribution in [1.82, 2.24) is 5.32 Å². The number of rotatable bonds is 2. The molecule has 2 heterocycles. The lowest BCUT2D eigenvalue weighted by Crippen LogP contribution is -2.39. The molecule has 1 N–H and O–H groups in total. The number of hydrogen-bond donors (Lipinski definition) is 1. The third-order valence-electron chi connectivity index (χ3n) is 3.96. The Kier molecular flexibility index (Phi) is 2.83. The molecule has 2 heteroatoms. The minimum absolute atomic E-state index is 0.740. The Hall–Kier alpha value is -1.02. The van der Waals surface area contributed by atoms with Gasteiger partial charge < -0.3 is 10.2 Å². The van der Waals surface area contributed by atoms with Crippen LogP contribution in [0.3, 0.4) is 0 Å². The maximum atomic E-state index is 3.54. The standard InChI is InChI=1S/C15H22N2/c1-11(2)10-17-7-6-13-9-16-8-12-4-3-5-14(17)15(12)13/h3-5,11,13,16H,6-10H2,1-2H3. The number of nitrogens with zero attached hydrogens (tertiary/aromatic N) is 1. The van der Waals surface area contributed by atoms with E-state index in [1.165, 1.54) is 37.3 Å². The van der Waals surface area contributed by atoms with E-state index < -0.39 is 0 Å². The van der Waals surface area contributed by atoms with Gasteiger partial charge >= 0.3 is 0 Å². The predicted octanol–water partition coefficient (Wildman–Crippen LogP) is 2.74. The van der Waals surface area contributed by atoms with E-state index in [2.05, 4.69) is 42.3 Å². The second-order valence-corrected chi connectivity index (χ2v) is 5.81. The zero-order valence-corrected chi connectivity index (χ0v) is 10.9. The molecule has 2 aliphatic heterocycles. The van der Waals surface area contributed by atoms with Crippen molar-refractivity contribution in [3.8, 4) is 0 Å². The van der Waals surface area contributed by atoms with Gasteiger partial charge in [0.25, 0.3) is 0 Å². The summed E-state index contributed by atoms with van der Waals surface area (Å²) in [5, 5.41) is 3.54. The Balaban J connectivity index is 2.00. The fourth-order valence-corrected chi connectivity index (χ4v) is 3.29. The van der Waals surface area contributed by atoms with Crippen LogP contribution in [-0.4, -0.2) is 19.6 Å². The molecule has 1 atom stereocenters. The van der Waals surface area contributed by atoms with Crippen molar-refractivity contribution in [1.29, 1.82) is 0 Å². The summed E-state index contributed by atoms with van der Waals surface area (Å²) in [5.74, 6) is 1.49. The number of anilines is 1. The Morgan fingerprint density at radius 2 is 2.29 bits per heavy atom. The number of nitrogens with one attached hydrogen (secondary N) is 1. The topological polar surface area (TPSA) is 15.3 Å². The van der Waals surface area contributed by atoms with Gasteiger partial charge in [-0.05, 0) is 29.5 Å². The van der Waals surface area contributed by atoms with Crippen LogP contribution in [0.15, 0.2) is 18.2 Å². The zero-order valence-electron chi connectivity index (χ0n) is 10.9. The third kappa shape index (κ3) is 1.95. The van der Waals surface area contributed by atoms with Crippen LogP contribution >= 0.6 is 0 Å². The van der Waals surface area contributed by atoms with Gasteiger partial charge in [0.1, 0.15) is 0 Å². The number of hydrogen-bond acceptors (Lipinski definition) is 2. The van der Waals surface area contributed by atoms with E-state index in [9.17, 15) is 0 Å². The first-order chi connectivity index (χ1) is 8.25. The highest BCUT2D eigenvalue weighted by Gasteiger charge is 2.29. The summed E-state index contributed by atoms with van der Waals surface area (Å²) in [6, 6.07) is 6.83. The first-order valence-corrected chi connectivity index (χ1v) is 6.83. The molecule has 1 aromatic carbocycles. The second kappa shape index (κ2) is 4.34. The van der Waals surface area contributed by atoms with Crippen molar-refractivity contribution in [2.45, 2.75) is 32.7 Å². The van der Waals surface area contributed by atoms with E-state index in [-0.39, 0.29) is 0 Å². The average molecular weight is 230 g/mol. The molecule has 0 aromatic heterocycles. The van der Waals surface area contributed by atoms with Crippen LogP contribution in [0.4, 0.5) is 5.69 Å². The molecule has 3 rings (SSSR count). The summed E-state index contributed by atoms with van der Waals surface area (Å²) in [4.78, 5) is 2.59. The molecular formula is C15H22N2. The summed E-state index contributed by atoms with van der Waals surface area (Å²) in [5.41, 5.74) is 4.67. The van der Waals surface area contributed by atoms with Crippen molar-refractivity contribution in [3.05, 3.63) is 29.3 Å². The molecule has 2 nitrogen and oxygen atoms in total. The molecule has 1 aromatic rings. The molecule has 0 fully saturated rings. The first-order valence-electron chi connectivity index (χ1n) is 6.83. The van der Waals surface area contributed by atoms with Crippen LogP contribution in [0.25, 0.3) is 0 Å². The van der Waals surface area contributed by atoms with Crippen LogP contribution in [0, 0.1) is 5.92 Å². The lowest BCUT2D eigenvalue weighted by Gasteiger charge is -2.40. The van der Waals surface area contributed by atoms with Crippen LogP contribution in [0.1, 0.15) is 37.3 Å². The van der Waals surface area contributed by atoms with Crippen molar-refractivity contribution in [3.63, 3.8) is 0 Å². The summed E-state index contributed by atoms with van der Waals surface area (Å²) >= 11 is 0. The van der Waals surface area contributed by atoms with Gasteiger partial charge in [-0.25, -0.2) is 0 Å². The first kappa shape index (κ1) is 11.1. The fourth-order valence-electron chi connectivity index (χ4n) is 3.29. The molecule has 0 radical (unpaired) electrons. The Labute approximate surface area is 104 Å². The highest BCUT2D eigenvalue weighted by atomic mass is 15.1. The van der Waals surface area contributed by atoms with Gasteiger partial charge in [-0.1, -0.05) is 26.0 Å². The van der Waals surface area contributed by atoms with E-state index >= 15 is 0 Å². The molecule has 2 aliphatic rings. The summed E-state index contributed by atoms with van der Waals surface area (Å²) in [6.45, 7) is 9.25. The van der Waals surface area contributed by atoms with Crippen LogP contribution in [0.5, 0.6) is 0 Å². The molecule has 0 spiro atoms. The normalized spacial score (nSPS) is 22.8. The smallest absolute Gasteiger partial charge is 0.0405 e. The Morgan fingerprint density at radius 1 is 1.41 bits per heavy atom. The monoisotopic (exact) mass is 230 g/mol. The quantitative estimate of drug-likeness (QED) is 0.840. The maximum absolute atomic E-state index is 3.54. The molecule has 0 saturated heterocycles. The Morgan fingerprint density at radius 3 is 3.12 bits per heavy atom. The van der Waals surface area contributed by atoms with Crippen LogP contribution in [0.2, 0.25) is 0 Å². The lowest BCUT2D eigenvalue weighted by molar-refractivity contribution is 0.478. The lowest BCUT2D eigenvalue weighted by atomic mass is 9.83. The van der Waals surface area contributed by atoms with Gasteiger partial charge in [-0.2, -0.15) is 0 Å². The van der Waals surface area contributed by atoms with E-state index in [0.29, 0.717) is 0 Å². The van der Waals surface area contributed by atoms with Gasteiger partial charge in [0, 0.05) is 37.8 Å². The highest BCUT2D eigenvalue weighted by molar-refractivity contribution is 5.61. The van der Waals surface area contributed by atoms with Gasteiger partial charge in [-0.15, -0.1) is 0 Å². The van der Waals surface area contributed by atoms with Gasteiger partial charge in [0.2, 0.25) is 0 Å². The fraction of sp³-hybridized carbons (Fsp3) is 0.600. The highest BCUT2D eigenvalue weighted by Crippen LogP contribution is 2.39. The Bertz CT molecular complexity index is 411. The van der Waals surface area contributed by atoms with Gasteiger partial charge in [0.15, 0.2) is 0 Å². The molecule has 0 saturated carbocycles. The van der Waals surface area contributed by atoms with E-state index in [1.807, 2.05) is 0 Å². The van der Waals surface area contributed by atoms with Crippen LogP contribution < -0.4 is 10.2 Å². The third-order valence-corrected chi connectivity index (χ3v) is 3.96. The molecule has 0 bridgehead atoms. The largest absolute Gasteiger partial charge is 0.371 e. The SMILES string of the molecule is CC(C)CN1CCC2CNCc3cccc1c32. The molecule has 0 amide bonds. The van der Waals surface area contributed by atoms with E-state index in [0.717, 1.165) is 18.4 Å². The minimum atomic E-state index is 0.740. The van der Waals surface area contributed by atoms with Gasteiger partial charge in [0.05, 0.1) is 0 Å². The van der Waals surface area contributed by atoms with Crippen molar-refractivity contribution in [2.24, 2.45) is 5.92 Å². The zero-order chi connectivity index (χ0) is 11.8. The molecule has 1 unspecified atom stereocenters. The average Bonchev–Trinajstić information content (AvgIpc) is 2.33. The van der Waals surface area contributed by atoms with Crippen molar-refractivity contribution in [2.75, 3.05) is 24.5 Å². The molecule has 92 valence electrons. The minimum Gasteiger partial charge on any atom is -0.371 e. The summed E-state index contributed by atoms with van der Waals surface area (Å²) in [6.07, 6.45) is 1.31.